The first-order valence-corrected chi connectivity index (χ1v) is 2.84. The summed E-state index contributed by atoms with van der Waals surface area (Å²) in [7, 11) is 0. The van der Waals surface area contributed by atoms with Crippen LogP contribution in [-0.2, 0) is 4.79 Å². The third-order valence-corrected chi connectivity index (χ3v) is 1.13. The zero-order valence-electron chi connectivity index (χ0n) is 5.24. The van der Waals surface area contributed by atoms with Crippen molar-refractivity contribution in [3.05, 3.63) is 23.9 Å². The van der Waals surface area contributed by atoms with Crippen molar-refractivity contribution in [1.82, 2.24) is 5.32 Å². The third kappa shape index (κ3) is 1.35. The summed E-state index contributed by atoms with van der Waals surface area (Å²) >= 11 is 0. The molecule has 0 saturated heterocycles. The average molecular weight is 140 g/mol. The third-order valence-electron chi connectivity index (χ3n) is 1.13. The molecule has 0 radical (unpaired) electrons. The van der Waals surface area contributed by atoms with E-state index in [0.29, 0.717) is 0 Å². The zero-order valence-corrected chi connectivity index (χ0v) is 5.24. The van der Waals surface area contributed by atoms with Gasteiger partial charge in [-0.3, -0.25) is 0 Å². The highest BCUT2D eigenvalue weighted by atomic mass is 16.4. The Morgan fingerprint density at radius 1 is 1.80 bits per heavy atom. The fourth-order valence-corrected chi connectivity index (χ4v) is 0.680. The number of carbonyl (C=O) groups is 1. The van der Waals surface area contributed by atoms with E-state index in [-0.39, 0.29) is 11.9 Å². The highest BCUT2D eigenvalue weighted by Gasteiger charge is 2.10. The largest absolute Gasteiger partial charge is 0.477 e. The van der Waals surface area contributed by atoms with Gasteiger partial charge in [0.15, 0.2) is 0 Å². The van der Waals surface area contributed by atoms with Crippen molar-refractivity contribution in [1.29, 1.82) is 0 Å². The van der Waals surface area contributed by atoms with Crippen LogP contribution in [0.4, 0.5) is 0 Å². The van der Waals surface area contributed by atoms with E-state index in [9.17, 15) is 4.79 Å². The Bertz CT molecular complexity index is 208. The predicted molar refractivity (Wildman–Crippen MR) is 36.0 cm³/mol. The topological polar surface area (TPSA) is 75.4 Å². The highest BCUT2D eigenvalue weighted by molar-refractivity contribution is 5.86. The van der Waals surface area contributed by atoms with Crippen molar-refractivity contribution in [3.63, 3.8) is 0 Å². The van der Waals surface area contributed by atoms with Gasteiger partial charge in [-0.2, -0.15) is 0 Å². The monoisotopic (exact) mass is 140 g/mol. The summed E-state index contributed by atoms with van der Waals surface area (Å²) < 4.78 is 0. The summed E-state index contributed by atoms with van der Waals surface area (Å²) in [6.07, 6.45) is 4.37. The van der Waals surface area contributed by atoms with E-state index in [1.54, 1.807) is 12.2 Å². The minimum Gasteiger partial charge on any atom is -0.477 e. The lowest BCUT2D eigenvalue weighted by atomic mass is 10.2. The normalized spacial score (nSPS) is 23.3. The lowest BCUT2D eigenvalue weighted by Gasteiger charge is -2.13. The van der Waals surface area contributed by atoms with Crippen LogP contribution in [0.2, 0.25) is 0 Å². The van der Waals surface area contributed by atoms with Crippen LogP contribution in [0.15, 0.2) is 23.9 Å². The number of allylic oxidation sites excluding steroid dienone is 2. The molecule has 4 nitrogen and oxygen atoms in total. The maximum Gasteiger partial charge on any atom is 0.352 e. The Morgan fingerprint density at radius 3 is 2.90 bits per heavy atom. The summed E-state index contributed by atoms with van der Waals surface area (Å²) in [5.41, 5.74) is 5.50. The average Bonchev–Trinajstić information content (AvgIpc) is 1.88. The van der Waals surface area contributed by atoms with Crippen LogP contribution in [0, 0.1) is 0 Å². The van der Waals surface area contributed by atoms with Gasteiger partial charge in [0, 0.05) is 0 Å². The smallest absolute Gasteiger partial charge is 0.352 e. The molecular weight excluding hydrogens is 132 g/mol. The van der Waals surface area contributed by atoms with E-state index in [1.807, 2.05) is 0 Å². The second-order valence-corrected chi connectivity index (χ2v) is 1.94. The molecule has 10 heavy (non-hydrogen) atoms. The molecule has 0 spiro atoms. The van der Waals surface area contributed by atoms with Crippen LogP contribution in [0.25, 0.3) is 0 Å². The molecule has 1 unspecified atom stereocenters. The molecule has 0 aliphatic carbocycles. The number of dihydropyridines is 1. The number of nitrogens with two attached hydrogens (primary N) is 1. The van der Waals surface area contributed by atoms with Gasteiger partial charge in [0.25, 0.3) is 0 Å². The standard InChI is InChI=1S/C6H8N2O2/c7-5-3-1-2-4(8-5)6(9)10/h1-3,5,8H,7H2,(H,9,10). The molecule has 4 N–H and O–H groups in total. The molecule has 1 rings (SSSR count). The quantitative estimate of drug-likeness (QED) is 0.454. The maximum atomic E-state index is 10.3. The minimum absolute atomic E-state index is 0.134. The highest BCUT2D eigenvalue weighted by Crippen LogP contribution is 1.97. The van der Waals surface area contributed by atoms with E-state index in [4.69, 9.17) is 10.8 Å². The van der Waals surface area contributed by atoms with Crippen molar-refractivity contribution in [3.8, 4) is 0 Å². The zero-order chi connectivity index (χ0) is 7.56. The van der Waals surface area contributed by atoms with Crippen molar-refractivity contribution in [2.45, 2.75) is 6.17 Å². The summed E-state index contributed by atoms with van der Waals surface area (Å²) in [5, 5.41) is 11.0. The molecule has 1 atom stereocenters. The van der Waals surface area contributed by atoms with Gasteiger partial charge < -0.3 is 16.2 Å². The molecule has 0 aromatic heterocycles. The second-order valence-electron chi connectivity index (χ2n) is 1.94. The molecular formula is C6H8N2O2. The maximum absolute atomic E-state index is 10.3. The lowest BCUT2D eigenvalue weighted by Crippen LogP contribution is -2.38. The first-order chi connectivity index (χ1) is 4.70. The molecule has 0 aromatic rings. The summed E-state index contributed by atoms with van der Waals surface area (Å²) in [5.74, 6) is -0.986. The Labute approximate surface area is 58.0 Å². The molecule has 0 amide bonds. The van der Waals surface area contributed by atoms with E-state index in [2.05, 4.69) is 5.32 Å². The van der Waals surface area contributed by atoms with Gasteiger partial charge in [0.2, 0.25) is 0 Å². The fraction of sp³-hybridized carbons (Fsp3) is 0.167. The van der Waals surface area contributed by atoms with Gasteiger partial charge in [-0.15, -0.1) is 0 Å². The number of hydrogen-bond acceptors (Lipinski definition) is 3. The first-order valence-electron chi connectivity index (χ1n) is 2.84. The first kappa shape index (κ1) is 6.82. The van der Waals surface area contributed by atoms with E-state index in [1.165, 1.54) is 6.08 Å². The van der Waals surface area contributed by atoms with Crippen LogP contribution < -0.4 is 11.1 Å². The van der Waals surface area contributed by atoms with Crippen molar-refractivity contribution < 1.29 is 9.90 Å². The number of hydrogen-bond donors (Lipinski definition) is 3. The van der Waals surface area contributed by atoms with Gasteiger partial charge in [-0.25, -0.2) is 4.79 Å². The predicted octanol–water partition coefficient (Wildman–Crippen LogP) is -0.601. The molecule has 0 fully saturated rings. The number of rotatable bonds is 1. The fourth-order valence-electron chi connectivity index (χ4n) is 0.680. The van der Waals surface area contributed by atoms with Gasteiger partial charge >= 0.3 is 5.97 Å². The minimum atomic E-state index is -0.986. The van der Waals surface area contributed by atoms with Crippen LogP contribution >= 0.6 is 0 Å². The molecule has 54 valence electrons. The van der Waals surface area contributed by atoms with E-state index in [0.717, 1.165) is 0 Å². The van der Waals surface area contributed by atoms with Gasteiger partial charge in [0.1, 0.15) is 5.70 Å². The van der Waals surface area contributed by atoms with E-state index >= 15 is 0 Å². The van der Waals surface area contributed by atoms with Crippen molar-refractivity contribution >= 4 is 5.97 Å². The number of carboxylic acids is 1. The van der Waals surface area contributed by atoms with E-state index < -0.39 is 5.97 Å². The van der Waals surface area contributed by atoms with Crippen molar-refractivity contribution in [2.75, 3.05) is 0 Å². The van der Waals surface area contributed by atoms with Crippen molar-refractivity contribution in [2.24, 2.45) is 5.73 Å². The molecule has 1 aliphatic rings. The van der Waals surface area contributed by atoms with Crippen LogP contribution in [0.1, 0.15) is 0 Å². The lowest BCUT2D eigenvalue weighted by molar-refractivity contribution is -0.133. The molecule has 1 aliphatic heterocycles. The molecule has 0 saturated carbocycles. The Kier molecular flexibility index (Phi) is 1.73. The molecule has 4 heteroatoms. The summed E-state index contributed by atoms with van der Waals surface area (Å²) in [6, 6.07) is 0. The van der Waals surface area contributed by atoms with Gasteiger partial charge in [-0.1, -0.05) is 6.08 Å². The SMILES string of the molecule is NC1C=CC=C(C(=O)O)N1. The summed E-state index contributed by atoms with van der Waals surface area (Å²) in [4.78, 5) is 10.3. The number of aliphatic carboxylic acids is 1. The van der Waals surface area contributed by atoms with Gasteiger partial charge in [0.05, 0.1) is 6.17 Å². The summed E-state index contributed by atoms with van der Waals surface area (Å²) in [6.45, 7) is 0. The Morgan fingerprint density at radius 2 is 2.50 bits per heavy atom. The van der Waals surface area contributed by atoms with Crippen LogP contribution in [-0.4, -0.2) is 17.2 Å². The Balaban J connectivity index is 2.71. The van der Waals surface area contributed by atoms with Crippen LogP contribution in [0.3, 0.4) is 0 Å². The molecule has 1 heterocycles. The Hall–Kier alpha value is -1.29. The number of carboxylic acid groups (broad SMARTS) is 1. The molecule has 0 aromatic carbocycles. The second kappa shape index (κ2) is 2.53. The number of nitrogens with one attached hydrogen (secondary N) is 1. The van der Waals surface area contributed by atoms with Gasteiger partial charge in [-0.05, 0) is 12.2 Å². The van der Waals surface area contributed by atoms with Crippen LogP contribution in [0.5, 0.6) is 0 Å². The molecule has 0 bridgehead atoms.